The molecule has 0 aliphatic heterocycles. The first-order chi connectivity index (χ1) is 7.07. The van der Waals surface area contributed by atoms with Crippen LogP contribution in [-0.4, -0.2) is 30.6 Å². The quantitative estimate of drug-likeness (QED) is 0.418. The van der Waals surface area contributed by atoms with Crippen LogP contribution in [-0.2, 0) is 4.79 Å². The van der Waals surface area contributed by atoms with Crippen molar-refractivity contribution in [3.8, 4) is 0 Å². The van der Waals surface area contributed by atoms with Crippen LogP contribution in [0.2, 0.25) is 0 Å². The molecule has 0 unspecified atom stereocenters. The second-order valence-corrected chi connectivity index (χ2v) is 3.18. The number of ketones is 2. The average Bonchev–Trinajstić information content (AvgIpc) is 2.27. The SMILES string of the molecule is C=CC(=O)C(=O)c1ccncc1N(C)C. The number of carbonyl (C=O) groups excluding carboxylic acids is 2. The summed E-state index contributed by atoms with van der Waals surface area (Å²) < 4.78 is 0. The first-order valence-corrected chi connectivity index (χ1v) is 4.40. The van der Waals surface area contributed by atoms with Crippen molar-refractivity contribution in [2.45, 2.75) is 0 Å². The zero-order chi connectivity index (χ0) is 11.4. The Morgan fingerprint density at radius 3 is 2.67 bits per heavy atom. The molecule has 0 atom stereocenters. The molecular weight excluding hydrogens is 192 g/mol. The van der Waals surface area contributed by atoms with Crippen molar-refractivity contribution in [1.82, 2.24) is 4.98 Å². The highest BCUT2D eigenvalue weighted by molar-refractivity contribution is 6.48. The van der Waals surface area contributed by atoms with Gasteiger partial charge in [-0.25, -0.2) is 0 Å². The second-order valence-electron chi connectivity index (χ2n) is 3.18. The minimum Gasteiger partial charge on any atom is -0.376 e. The third-order valence-electron chi connectivity index (χ3n) is 1.94. The molecule has 0 aliphatic carbocycles. The lowest BCUT2D eigenvalue weighted by Gasteiger charge is -2.14. The largest absolute Gasteiger partial charge is 0.376 e. The number of hydrogen-bond acceptors (Lipinski definition) is 4. The van der Waals surface area contributed by atoms with Gasteiger partial charge in [0.25, 0.3) is 0 Å². The molecule has 0 amide bonds. The van der Waals surface area contributed by atoms with E-state index in [1.54, 1.807) is 25.2 Å². The Labute approximate surface area is 88.2 Å². The number of carbonyl (C=O) groups is 2. The number of rotatable bonds is 4. The van der Waals surface area contributed by atoms with E-state index in [0.29, 0.717) is 11.3 Å². The fourth-order valence-electron chi connectivity index (χ4n) is 1.16. The molecule has 15 heavy (non-hydrogen) atoms. The predicted molar refractivity (Wildman–Crippen MR) is 58.1 cm³/mol. The molecule has 1 aromatic rings. The molecule has 0 spiro atoms. The van der Waals surface area contributed by atoms with Crippen molar-refractivity contribution in [3.05, 3.63) is 36.7 Å². The second kappa shape index (κ2) is 4.50. The van der Waals surface area contributed by atoms with Crippen molar-refractivity contribution >= 4 is 17.3 Å². The van der Waals surface area contributed by atoms with E-state index >= 15 is 0 Å². The topological polar surface area (TPSA) is 50.3 Å². The highest BCUT2D eigenvalue weighted by Gasteiger charge is 2.17. The molecule has 0 N–H and O–H groups in total. The molecule has 4 heteroatoms. The number of allylic oxidation sites excluding steroid dienone is 1. The Hall–Kier alpha value is -1.97. The standard InChI is InChI=1S/C11H12N2O2/c1-4-10(14)11(15)8-5-6-12-7-9(8)13(2)3/h4-7H,1H2,2-3H3. The summed E-state index contributed by atoms with van der Waals surface area (Å²) in [6.45, 7) is 3.28. The minimum atomic E-state index is -0.607. The van der Waals surface area contributed by atoms with E-state index in [-0.39, 0.29) is 0 Å². The summed E-state index contributed by atoms with van der Waals surface area (Å²) in [6, 6.07) is 1.53. The monoisotopic (exact) mass is 204 g/mol. The van der Waals surface area contributed by atoms with Crippen molar-refractivity contribution in [1.29, 1.82) is 0 Å². The van der Waals surface area contributed by atoms with Crippen molar-refractivity contribution in [3.63, 3.8) is 0 Å². The van der Waals surface area contributed by atoms with Crippen LogP contribution in [0.25, 0.3) is 0 Å². The van der Waals surface area contributed by atoms with Gasteiger partial charge in [0.15, 0.2) is 0 Å². The van der Waals surface area contributed by atoms with Crippen LogP contribution >= 0.6 is 0 Å². The predicted octanol–water partition coefficient (Wildman–Crippen LogP) is 1.09. The summed E-state index contributed by atoms with van der Waals surface area (Å²) in [6.07, 6.45) is 4.04. The Morgan fingerprint density at radius 1 is 1.47 bits per heavy atom. The van der Waals surface area contributed by atoms with Crippen LogP contribution in [0.3, 0.4) is 0 Å². The summed E-state index contributed by atoms with van der Waals surface area (Å²) in [5.74, 6) is -1.17. The van der Waals surface area contributed by atoms with Gasteiger partial charge in [-0.15, -0.1) is 0 Å². The maximum absolute atomic E-state index is 11.6. The van der Waals surface area contributed by atoms with Gasteiger partial charge < -0.3 is 4.90 Å². The Bertz CT molecular complexity index is 411. The van der Waals surface area contributed by atoms with Crippen LogP contribution in [0.4, 0.5) is 5.69 Å². The Balaban J connectivity index is 3.19. The highest BCUT2D eigenvalue weighted by Crippen LogP contribution is 2.17. The van der Waals surface area contributed by atoms with Gasteiger partial charge in [0.05, 0.1) is 17.4 Å². The third kappa shape index (κ3) is 2.28. The number of anilines is 1. The lowest BCUT2D eigenvalue weighted by atomic mass is 10.1. The Morgan fingerprint density at radius 2 is 2.13 bits per heavy atom. The van der Waals surface area contributed by atoms with E-state index in [4.69, 9.17) is 0 Å². The van der Waals surface area contributed by atoms with Crippen LogP contribution in [0.15, 0.2) is 31.1 Å². The maximum atomic E-state index is 11.6. The molecular formula is C11H12N2O2. The molecule has 0 bridgehead atoms. The number of nitrogens with zero attached hydrogens (tertiary/aromatic N) is 2. The number of aromatic nitrogens is 1. The normalized spacial score (nSPS) is 9.47. The van der Waals surface area contributed by atoms with Gasteiger partial charge in [-0.1, -0.05) is 6.58 Å². The third-order valence-corrected chi connectivity index (χ3v) is 1.94. The lowest BCUT2D eigenvalue weighted by molar-refractivity contribution is -0.110. The van der Waals surface area contributed by atoms with Gasteiger partial charge in [-0.3, -0.25) is 14.6 Å². The molecule has 0 aromatic carbocycles. The first-order valence-electron chi connectivity index (χ1n) is 4.40. The summed E-state index contributed by atoms with van der Waals surface area (Å²) in [4.78, 5) is 28.4. The highest BCUT2D eigenvalue weighted by atomic mass is 16.2. The summed E-state index contributed by atoms with van der Waals surface area (Å²) in [7, 11) is 3.57. The van der Waals surface area contributed by atoms with Gasteiger partial charge >= 0.3 is 0 Å². The van der Waals surface area contributed by atoms with E-state index in [1.807, 2.05) is 0 Å². The average molecular weight is 204 g/mol. The van der Waals surface area contributed by atoms with Crippen LogP contribution < -0.4 is 4.90 Å². The van der Waals surface area contributed by atoms with Gasteiger partial charge in [-0.05, 0) is 12.1 Å². The van der Waals surface area contributed by atoms with Crippen molar-refractivity contribution in [2.24, 2.45) is 0 Å². The van der Waals surface area contributed by atoms with Crippen LogP contribution in [0.5, 0.6) is 0 Å². The van der Waals surface area contributed by atoms with Gasteiger partial charge in [0.1, 0.15) is 0 Å². The molecule has 1 rings (SSSR count). The van der Waals surface area contributed by atoms with E-state index in [1.165, 1.54) is 12.3 Å². The molecule has 4 nitrogen and oxygen atoms in total. The van der Waals surface area contributed by atoms with Gasteiger partial charge in [-0.2, -0.15) is 0 Å². The first kappa shape index (κ1) is 11.1. The van der Waals surface area contributed by atoms with E-state index < -0.39 is 11.6 Å². The zero-order valence-corrected chi connectivity index (χ0v) is 8.73. The fourth-order valence-corrected chi connectivity index (χ4v) is 1.16. The van der Waals surface area contributed by atoms with Gasteiger partial charge in [0.2, 0.25) is 11.6 Å². The van der Waals surface area contributed by atoms with E-state index in [0.717, 1.165) is 6.08 Å². The summed E-state index contributed by atoms with van der Waals surface area (Å²) in [5, 5.41) is 0. The molecule has 0 radical (unpaired) electrons. The summed E-state index contributed by atoms with van der Waals surface area (Å²) >= 11 is 0. The molecule has 0 saturated carbocycles. The smallest absolute Gasteiger partial charge is 0.235 e. The van der Waals surface area contributed by atoms with E-state index in [2.05, 4.69) is 11.6 Å². The van der Waals surface area contributed by atoms with Crippen LogP contribution in [0.1, 0.15) is 10.4 Å². The molecule has 1 heterocycles. The van der Waals surface area contributed by atoms with Crippen LogP contribution in [0, 0.1) is 0 Å². The maximum Gasteiger partial charge on any atom is 0.235 e. The number of Topliss-reactive ketones (excluding diaryl/α,β-unsaturated/α-hetero) is 1. The van der Waals surface area contributed by atoms with Crippen molar-refractivity contribution in [2.75, 3.05) is 19.0 Å². The molecule has 0 fully saturated rings. The molecule has 1 aromatic heterocycles. The number of pyridine rings is 1. The number of hydrogen-bond donors (Lipinski definition) is 0. The zero-order valence-electron chi connectivity index (χ0n) is 8.73. The lowest BCUT2D eigenvalue weighted by Crippen LogP contribution is -2.18. The molecule has 78 valence electrons. The minimum absolute atomic E-state index is 0.347. The Kier molecular flexibility index (Phi) is 3.33. The van der Waals surface area contributed by atoms with Crippen molar-refractivity contribution < 1.29 is 9.59 Å². The molecule has 0 aliphatic rings. The van der Waals surface area contributed by atoms with E-state index in [9.17, 15) is 9.59 Å². The molecule has 0 saturated heterocycles. The fraction of sp³-hybridized carbons (Fsp3) is 0.182. The van der Waals surface area contributed by atoms with Gasteiger partial charge in [0, 0.05) is 20.3 Å². The summed E-state index contributed by atoms with van der Waals surface area (Å²) in [5.41, 5.74) is 0.970.